The predicted molar refractivity (Wildman–Crippen MR) is 109 cm³/mol. The Labute approximate surface area is 170 Å². The fraction of sp³-hybridized carbons (Fsp3) is 0.350. The predicted octanol–water partition coefficient (Wildman–Crippen LogP) is 2.43. The summed E-state index contributed by atoms with van der Waals surface area (Å²) in [6, 6.07) is 8.56. The van der Waals surface area contributed by atoms with Crippen molar-refractivity contribution in [2.75, 3.05) is 20.2 Å². The summed E-state index contributed by atoms with van der Waals surface area (Å²) in [4.78, 5) is 23.7. The molecule has 0 saturated heterocycles. The highest BCUT2D eigenvalue weighted by Gasteiger charge is 2.21. The number of imidazole rings is 1. The number of carbonyl (C=O) groups is 1. The first-order valence-corrected chi connectivity index (χ1v) is 10.8. The second kappa shape index (κ2) is 8.71. The number of pyridine rings is 1. The van der Waals surface area contributed by atoms with Crippen molar-refractivity contribution in [3.8, 4) is 0 Å². The highest BCUT2D eigenvalue weighted by Crippen LogP contribution is 2.20. The highest BCUT2D eigenvalue weighted by atomic mass is 32.2. The maximum absolute atomic E-state index is 12.7. The SMILES string of the molecule is CCOC(=O)CCN(C)S(=O)(=O)c1ccc(Cc2nccc3[nH]c(C)nc23)cc1. The quantitative estimate of drug-likeness (QED) is 0.566. The Balaban J connectivity index is 1.72. The molecule has 0 aliphatic heterocycles. The lowest BCUT2D eigenvalue weighted by Gasteiger charge is -2.17. The minimum absolute atomic E-state index is 0.0143. The van der Waals surface area contributed by atoms with Gasteiger partial charge in [-0.25, -0.2) is 17.7 Å². The average Bonchev–Trinajstić information content (AvgIpc) is 3.08. The smallest absolute Gasteiger partial charge is 0.307 e. The van der Waals surface area contributed by atoms with Gasteiger partial charge in [0.2, 0.25) is 10.0 Å². The number of aromatic nitrogens is 3. The zero-order valence-electron chi connectivity index (χ0n) is 16.7. The molecule has 9 heteroatoms. The van der Waals surface area contributed by atoms with Crippen LogP contribution in [-0.2, 0) is 26.0 Å². The van der Waals surface area contributed by atoms with E-state index in [1.54, 1.807) is 37.4 Å². The fourth-order valence-electron chi connectivity index (χ4n) is 3.00. The maximum atomic E-state index is 12.7. The lowest BCUT2D eigenvalue weighted by atomic mass is 10.1. The summed E-state index contributed by atoms with van der Waals surface area (Å²) in [5, 5.41) is 0. The lowest BCUT2D eigenvalue weighted by molar-refractivity contribution is -0.143. The van der Waals surface area contributed by atoms with Crippen LogP contribution < -0.4 is 0 Å². The Hall–Kier alpha value is -2.78. The number of nitrogens with one attached hydrogen (secondary N) is 1. The molecular weight excluding hydrogens is 392 g/mol. The largest absolute Gasteiger partial charge is 0.466 e. The number of fused-ring (bicyclic) bond motifs is 1. The number of carbonyl (C=O) groups excluding carboxylic acids is 1. The van der Waals surface area contributed by atoms with Gasteiger partial charge in [-0.1, -0.05) is 12.1 Å². The van der Waals surface area contributed by atoms with Gasteiger partial charge in [0.1, 0.15) is 11.3 Å². The molecule has 154 valence electrons. The van der Waals surface area contributed by atoms with Crippen molar-refractivity contribution in [3.05, 3.63) is 53.6 Å². The molecule has 0 fully saturated rings. The van der Waals surface area contributed by atoms with E-state index >= 15 is 0 Å². The molecule has 0 amide bonds. The monoisotopic (exact) mass is 416 g/mol. The molecule has 0 bridgehead atoms. The molecule has 2 heterocycles. The average molecular weight is 417 g/mol. The first-order chi connectivity index (χ1) is 13.8. The van der Waals surface area contributed by atoms with E-state index in [0.29, 0.717) is 6.42 Å². The van der Waals surface area contributed by atoms with Crippen molar-refractivity contribution in [1.82, 2.24) is 19.3 Å². The first-order valence-electron chi connectivity index (χ1n) is 9.32. The molecule has 0 radical (unpaired) electrons. The van der Waals surface area contributed by atoms with Crippen LogP contribution in [0.3, 0.4) is 0 Å². The van der Waals surface area contributed by atoms with E-state index < -0.39 is 16.0 Å². The van der Waals surface area contributed by atoms with Gasteiger partial charge in [0.15, 0.2) is 0 Å². The number of nitrogens with zero attached hydrogens (tertiary/aromatic N) is 3. The number of hydrogen-bond acceptors (Lipinski definition) is 6. The van der Waals surface area contributed by atoms with E-state index in [1.165, 1.54) is 7.05 Å². The molecule has 1 N–H and O–H groups in total. The van der Waals surface area contributed by atoms with Crippen LogP contribution in [0.2, 0.25) is 0 Å². The number of benzene rings is 1. The lowest BCUT2D eigenvalue weighted by Crippen LogP contribution is -2.29. The first kappa shape index (κ1) is 20.9. The van der Waals surface area contributed by atoms with E-state index in [2.05, 4.69) is 15.0 Å². The van der Waals surface area contributed by atoms with Crippen LogP contribution in [0.1, 0.15) is 30.4 Å². The second-order valence-electron chi connectivity index (χ2n) is 6.68. The Kier molecular flexibility index (Phi) is 6.29. The highest BCUT2D eigenvalue weighted by molar-refractivity contribution is 7.89. The number of H-pyrrole nitrogens is 1. The zero-order valence-corrected chi connectivity index (χ0v) is 17.5. The summed E-state index contributed by atoms with van der Waals surface area (Å²) < 4.78 is 31.4. The Morgan fingerprint density at radius 1 is 1.21 bits per heavy atom. The number of hydrogen-bond donors (Lipinski definition) is 1. The van der Waals surface area contributed by atoms with Crippen LogP contribution in [0.25, 0.3) is 11.0 Å². The normalized spacial score (nSPS) is 11.9. The van der Waals surface area contributed by atoms with E-state index in [1.807, 2.05) is 13.0 Å². The van der Waals surface area contributed by atoms with E-state index in [-0.39, 0.29) is 24.5 Å². The number of sulfonamides is 1. The van der Waals surface area contributed by atoms with Crippen LogP contribution in [0.5, 0.6) is 0 Å². The molecule has 3 rings (SSSR count). The second-order valence-corrected chi connectivity index (χ2v) is 8.72. The number of ether oxygens (including phenoxy) is 1. The Bertz CT molecular complexity index is 1110. The van der Waals surface area contributed by atoms with Gasteiger partial charge >= 0.3 is 5.97 Å². The summed E-state index contributed by atoms with van der Waals surface area (Å²) in [7, 11) is -2.23. The Morgan fingerprint density at radius 3 is 2.62 bits per heavy atom. The molecule has 29 heavy (non-hydrogen) atoms. The molecule has 0 aliphatic carbocycles. The van der Waals surface area contributed by atoms with E-state index in [4.69, 9.17) is 4.74 Å². The van der Waals surface area contributed by atoms with Gasteiger partial charge in [0, 0.05) is 26.2 Å². The fourth-order valence-corrected chi connectivity index (χ4v) is 4.17. The summed E-state index contributed by atoms with van der Waals surface area (Å²) >= 11 is 0. The summed E-state index contributed by atoms with van der Waals surface area (Å²) in [5.41, 5.74) is 3.50. The standard InChI is InChI=1S/C20H24N4O4S/c1-4-28-19(25)10-12-24(3)29(26,27)16-7-5-15(6-8-16)13-18-20-17(9-11-21-18)22-14(2)23-20/h5-9,11H,4,10,12-13H2,1-3H3,(H,22,23). The van der Waals surface area contributed by atoms with Crippen molar-refractivity contribution in [3.63, 3.8) is 0 Å². The number of aryl methyl sites for hydroxylation is 1. The van der Waals surface area contributed by atoms with E-state index in [9.17, 15) is 13.2 Å². The van der Waals surface area contributed by atoms with E-state index in [0.717, 1.165) is 32.4 Å². The van der Waals surface area contributed by atoms with Crippen molar-refractivity contribution >= 4 is 27.0 Å². The third-order valence-electron chi connectivity index (χ3n) is 4.53. The van der Waals surface area contributed by atoms with Crippen molar-refractivity contribution in [2.45, 2.75) is 31.6 Å². The van der Waals surface area contributed by atoms with Crippen LogP contribution in [0.15, 0.2) is 41.4 Å². The summed E-state index contributed by atoms with van der Waals surface area (Å²) in [5.74, 6) is 0.404. The Morgan fingerprint density at radius 2 is 1.93 bits per heavy atom. The topological polar surface area (TPSA) is 105 Å². The summed E-state index contributed by atoms with van der Waals surface area (Å²) in [6.07, 6.45) is 2.29. The molecule has 0 unspecified atom stereocenters. The van der Waals surface area contributed by atoms with Crippen LogP contribution in [-0.4, -0.2) is 53.8 Å². The van der Waals surface area contributed by atoms with Crippen molar-refractivity contribution < 1.29 is 17.9 Å². The van der Waals surface area contributed by atoms with Crippen molar-refractivity contribution in [2.24, 2.45) is 0 Å². The van der Waals surface area contributed by atoms with Crippen LogP contribution >= 0.6 is 0 Å². The molecule has 3 aromatic rings. The van der Waals surface area contributed by atoms with Gasteiger partial charge < -0.3 is 9.72 Å². The van der Waals surface area contributed by atoms with Gasteiger partial charge in [-0.15, -0.1) is 0 Å². The van der Waals surface area contributed by atoms with Gasteiger partial charge in [-0.05, 0) is 37.6 Å². The number of rotatable bonds is 8. The molecule has 8 nitrogen and oxygen atoms in total. The van der Waals surface area contributed by atoms with Gasteiger partial charge in [0.25, 0.3) is 0 Å². The molecule has 1 aromatic carbocycles. The minimum atomic E-state index is -3.68. The van der Waals surface area contributed by atoms with Gasteiger partial charge in [-0.3, -0.25) is 9.78 Å². The van der Waals surface area contributed by atoms with Crippen molar-refractivity contribution in [1.29, 1.82) is 0 Å². The molecule has 0 aliphatic rings. The molecule has 0 spiro atoms. The van der Waals surface area contributed by atoms with Crippen LogP contribution in [0.4, 0.5) is 0 Å². The number of aromatic amines is 1. The maximum Gasteiger partial charge on any atom is 0.307 e. The van der Waals surface area contributed by atoms with Gasteiger partial charge in [0.05, 0.1) is 29.1 Å². The van der Waals surface area contributed by atoms with Crippen LogP contribution in [0, 0.1) is 6.92 Å². The third-order valence-corrected chi connectivity index (χ3v) is 6.41. The molecule has 2 aromatic heterocycles. The number of esters is 1. The van der Waals surface area contributed by atoms with Gasteiger partial charge in [-0.2, -0.15) is 0 Å². The minimum Gasteiger partial charge on any atom is -0.466 e. The molecule has 0 atom stereocenters. The zero-order chi connectivity index (χ0) is 21.0. The molecular formula is C20H24N4O4S. The molecule has 0 saturated carbocycles. The third kappa shape index (κ3) is 4.80. The summed E-state index contributed by atoms with van der Waals surface area (Å²) in [6.45, 7) is 3.94.